The van der Waals surface area contributed by atoms with Crippen LogP contribution in [0.2, 0.25) is 0 Å². The van der Waals surface area contributed by atoms with Crippen LogP contribution in [0.15, 0.2) is 47.4 Å². The third-order valence-electron chi connectivity index (χ3n) is 4.85. The van der Waals surface area contributed by atoms with Crippen molar-refractivity contribution in [3.8, 4) is 11.5 Å². The minimum atomic E-state index is -3.52. The zero-order chi connectivity index (χ0) is 21.6. The monoisotopic (exact) mass is 434 g/mol. The normalized spacial score (nSPS) is 14.9. The van der Waals surface area contributed by atoms with Crippen molar-refractivity contribution in [1.29, 1.82) is 0 Å². The van der Waals surface area contributed by atoms with Crippen LogP contribution < -0.4 is 14.8 Å². The van der Waals surface area contributed by atoms with Gasteiger partial charge in [-0.2, -0.15) is 4.31 Å². The van der Waals surface area contributed by atoms with Gasteiger partial charge < -0.3 is 19.5 Å². The van der Waals surface area contributed by atoms with Gasteiger partial charge in [0.05, 0.1) is 38.0 Å². The van der Waals surface area contributed by atoms with Crippen molar-refractivity contribution < 1.29 is 27.4 Å². The lowest BCUT2D eigenvalue weighted by molar-refractivity contribution is -0.116. The largest absolute Gasteiger partial charge is 0.497 e. The van der Waals surface area contributed by atoms with E-state index in [2.05, 4.69) is 5.32 Å². The molecular weight excluding hydrogens is 408 g/mol. The molecule has 1 aliphatic heterocycles. The average molecular weight is 435 g/mol. The summed E-state index contributed by atoms with van der Waals surface area (Å²) in [5.41, 5.74) is 1.41. The lowest BCUT2D eigenvalue weighted by Crippen LogP contribution is -2.40. The van der Waals surface area contributed by atoms with Crippen LogP contribution in [-0.4, -0.2) is 59.2 Å². The summed E-state index contributed by atoms with van der Waals surface area (Å²) >= 11 is 0. The number of benzene rings is 2. The van der Waals surface area contributed by atoms with Crippen LogP contribution in [0.5, 0.6) is 11.5 Å². The summed E-state index contributed by atoms with van der Waals surface area (Å²) in [4.78, 5) is 12.6. The van der Waals surface area contributed by atoms with Crippen LogP contribution in [0.25, 0.3) is 0 Å². The fourth-order valence-corrected chi connectivity index (χ4v) is 4.55. The number of amides is 1. The van der Waals surface area contributed by atoms with Crippen molar-refractivity contribution >= 4 is 21.6 Å². The number of anilines is 1. The number of morpholine rings is 1. The number of nitrogens with one attached hydrogen (secondary N) is 1. The first-order chi connectivity index (χ1) is 14.4. The van der Waals surface area contributed by atoms with E-state index in [4.69, 9.17) is 14.2 Å². The zero-order valence-electron chi connectivity index (χ0n) is 17.1. The maximum absolute atomic E-state index is 12.7. The Balaban J connectivity index is 1.59. The van der Waals surface area contributed by atoms with Gasteiger partial charge in [-0.15, -0.1) is 0 Å². The summed E-state index contributed by atoms with van der Waals surface area (Å²) in [6.45, 7) is 1.53. The van der Waals surface area contributed by atoms with Crippen molar-refractivity contribution in [2.75, 3.05) is 45.8 Å². The molecule has 0 atom stereocenters. The first-order valence-electron chi connectivity index (χ1n) is 9.63. The third-order valence-corrected chi connectivity index (χ3v) is 6.77. The quantitative estimate of drug-likeness (QED) is 0.685. The van der Waals surface area contributed by atoms with Crippen molar-refractivity contribution in [1.82, 2.24) is 4.31 Å². The molecule has 0 bridgehead atoms. The average Bonchev–Trinajstić information content (AvgIpc) is 2.78. The van der Waals surface area contributed by atoms with Gasteiger partial charge in [-0.25, -0.2) is 8.42 Å². The van der Waals surface area contributed by atoms with E-state index >= 15 is 0 Å². The van der Waals surface area contributed by atoms with Crippen LogP contribution >= 0.6 is 0 Å². The SMILES string of the molecule is COc1ccc(OC)c(NC(=O)CCc2ccc(S(=O)(=O)N3CCOCC3)cc2)c1. The number of rotatable bonds is 8. The van der Waals surface area contributed by atoms with Crippen molar-refractivity contribution in [2.24, 2.45) is 0 Å². The molecule has 0 unspecified atom stereocenters. The van der Waals surface area contributed by atoms with Crippen LogP contribution in [-0.2, 0) is 26.0 Å². The summed E-state index contributed by atoms with van der Waals surface area (Å²) in [6.07, 6.45) is 0.728. The molecule has 8 nitrogen and oxygen atoms in total. The molecule has 1 saturated heterocycles. The van der Waals surface area contributed by atoms with Gasteiger partial charge in [0, 0.05) is 25.6 Å². The number of hydrogen-bond donors (Lipinski definition) is 1. The molecule has 0 aliphatic carbocycles. The minimum absolute atomic E-state index is 0.174. The van der Waals surface area contributed by atoms with Crippen LogP contribution in [0.3, 0.4) is 0 Å². The molecule has 1 heterocycles. The Kier molecular flexibility index (Phi) is 7.30. The summed E-state index contributed by atoms with van der Waals surface area (Å²) in [5.74, 6) is 0.983. The Morgan fingerprint density at radius 1 is 1.07 bits per heavy atom. The van der Waals surface area contributed by atoms with E-state index in [1.807, 2.05) is 0 Å². The zero-order valence-corrected chi connectivity index (χ0v) is 17.9. The molecule has 1 fully saturated rings. The topological polar surface area (TPSA) is 94.2 Å². The minimum Gasteiger partial charge on any atom is -0.497 e. The van der Waals surface area contributed by atoms with Gasteiger partial charge in [0.15, 0.2) is 0 Å². The molecule has 1 amide bonds. The molecule has 2 aromatic rings. The van der Waals surface area contributed by atoms with E-state index in [1.54, 1.807) is 49.6 Å². The lowest BCUT2D eigenvalue weighted by atomic mass is 10.1. The van der Waals surface area contributed by atoms with Gasteiger partial charge in [-0.05, 0) is 36.2 Å². The molecule has 0 saturated carbocycles. The fraction of sp³-hybridized carbons (Fsp3) is 0.381. The third kappa shape index (κ3) is 5.29. The molecule has 1 aliphatic rings. The van der Waals surface area contributed by atoms with E-state index in [-0.39, 0.29) is 17.2 Å². The Morgan fingerprint density at radius 3 is 2.40 bits per heavy atom. The fourth-order valence-electron chi connectivity index (χ4n) is 3.15. The second kappa shape index (κ2) is 9.92. The second-order valence-electron chi connectivity index (χ2n) is 6.77. The van der Waals surface area contributed by atoms with Gasteiger partial charge >= 0.3 is 0 Å². The number of aryl methyl sites for hydroxylation is 1. The first-order valence-corrected chi connectivity index (χ1v) is 11.1. The van der Waals surface area contributed by atoms with Gasteiger partial charge in [-0.1, -0.05) is 12.1 Å². The molecule has 3 rings (SSSR count). The molecule has 9 heteroatoms. The van der Waals surface area contributed by atoms with E-state index in [1.165, 1.54) is 11.4 Å². The summed E-state index contributed by atoms with van der Waals surface area (Å²) < 4.78 is 42.4. The second-order valence-corrected chi connectivity index (χ2v) is 8.71. The number of ether oxygens (including phenoxy) is 3. The number of sulfonamides is 1. The first kappa shape index (κ1) is 22.1. The highest BCUT2D eigenvalue weighted by atomic mass is 32.2. The van der Waals surface area contributed by atoms with Crippen molar-refractivity contribution in [3.63, 3.8) is 0 Å². The van der Waals surface area contributed by atoms with Crippen molar-refractivity contribution in [3.05, 3.63) is 48.0 Å². The summed E-state index contributed by atoms with van der Waals surface area (Å²) in [6, 6.07) is 11.8. The van der Waals surface area contributed by atoms with Crippen LogP contribution in [0.4, 0.5) is 5.69 Å². The Morgan fingerprint density at radius 2 is 1.77 bits per heavy atom. The van der Waals surface area contributed by atoms with Gasteiger partial charge in [-0.3, -0.25) is 4.79 Å². The Labute approximate surface area is 176 Å². The molecule has 0 aromatic heterocycles. The smallest absolute Gasteiger partial charge is 0.243 e. The van der Waals surface area contributed by atoms with Crippen molar-refractivity contribution in [2.45, 2.75) is 17.7 Å². The highest BCUT2D eigenvalue weighted by Crippen LogP contribution is 2.29. The number of carbonyl (C=O) groups is 1. The number of hydrogen-bond acceptors (Lipinski definition) is 6. The Bertz CT molecular complexity index is 969. The van der Waals surface area contributed by atoms with E-state index in [9.17, 15) is 13.2 Å². The lowest BCUT2D eigenvalue weighted by Gasteiger charge is -2.26. The Hall–Kier alpha value is -2.62. The molecule has 162 valence electrons. The number of nitrogens with zero attached hydrogens (tertiary/aromatic N) is 1. The van der Waals surface area contributed by atoms with Crippen LogP contribution in [0.1, 0.15) is 12.0 Å². The predicted octanol–water partition coefficient (Wildman–Crippen LogP) is 2.30. The van der Waals surface area contributed by atoms with Crippen LogP contribution in [0, 0.1) is 0 Å². The highest BCUT2D eigenvalue weighted by molar-refractivity contribution is 7.89. The predicted molar refractivity (Wildman–Crippen MR) is 113 cm³/mol. The molecule has 0 radical (unpaired) electrons. The molecule has 1 N–H and O–H groups in total. The summed E-state index contributed by atoms with van der Waals surface area (Å²) in [5, 5.41) is 2.83. The highest BCUT2D eigenvalue weighted by Gasteiger charge is 2.26. The molecule has 30 heavy (non-hydrogen) atoms. The van der Waals surface area contributed by atoms with E-state index in [0.717, 1.165) is 5.56 Å². The molecule has 2 aromatic carbocycles. The maximum atomic E-state index is 12.7. The number of carbonyl (C=O) groups excluding carboxylic acids is 1. The van der Waals surface area contributed by atoms with Gasteiger partial charge in [0.1, 0.15) is 11.5 Å². The molecular formula is C21H26N2O6S. The van der Waals surface area contributed by atoms with Gasteiger partial charge in [0.25, 0.3) is 0 Å². The van der Waals surface area contributed by atoms with E-state index < -0.39 is 10.0 Å². The maximum Gasteiger partial charge on any atom is 0.243 e. The summed E-state index contributed by atoms with van der Waals surface area (Å²) in [7, 11) is -0.433. The molecule has 0 spiro atoms. The standard InChI is InChI=1S/C21H26N2O6S/c1-27-17-6-9-20(28-2)19(15-17)22-21(24)10-5-16-3-7-18(8-4-16)30(25,26)23-11-13-29-14-12-23/h3-4,6-9,15H,5,10-14H2,1-2H3,(H,22,24). The van der Waals surface area contributed by atoms with E-state index in [0.29, 0.717) is 49.9 Å². The number of methoxy groups -OCH3 is 2. The van der Waals surface area contributed by atoms with Gasteiger partial charge in [0.2, 0.25) is 15.9 Å².